The molecule has 1 saturated heterocycles. The number of piperidine rings is 1. The molecule has 1 amide bonds. The first-order valence-corrected chi connectivity index (χ1v) is 5.24. The predicted molar refractivity (Wildman–Crippen MR) is 54.6 cm³/mol. The SMILES string of the molecule is CC(N)C(=O)N1CCCC(C(C)O)C1. The van der Waals surface area contributed by atoms with Gasteiger partial charge in [-0.1, -0.05) is 0 Å². The number of rotatable bonds is 2. The summed E-state index contributed by atoms with van der Waals surface area (Å²) in [6, 6.07) is -0.428. The topological polar surface area (TPSA) is 66.6 Å². The van der Waals surface area contributed by atoms with E-state index in [1.165, 1.54) is 0 Å². The molecule has 4 nitrogen and oxygen atoms in total. The molecule has 1 aliphatic heterocycles. The molecule has 1 fully saturated rings. The molecule has 1 heterocycles. The second kappa shape index (κ2) is 4.75. The summed E-state index contributed by atoms with van der Waals surface area (Å²) in [5, 5.41) is 9.45. The Kier molecular flexibility index (Phi) is 3.89. The standard InChI is InChI=1S/C10H20N2O2/c1-7(11)10(14)12-5-3-4-9(6-12)8(2)13/h7-9,13H,3-6,11H2,1-2H3. The predicted octanol–water partition coefficient (Wildman–Crippen LogP) is -0.0470. The smallest absolute Gasteiger partial charge is 0.239 e. The molecule has 3 unspecified atom stereocenters. The number of likely N-dealkylation sites (tertiary alicyclic amines) is 1. The van der Waals surface area contributed by atoms with Gasteiger partial charge in [0, 0.05) is 19.0 Å². The fourth-order valence-corrected chi connectivity index (χ4v) is 1.89. The number of carbonyl (C=O) groups is 1. The Labute approximate surface area is 85.1 Å². The Bertz CT molecular complexity index is 204. The molecule has 0 bridgehead atoms. The quantitative estimate of drug-likeness (QED) is 0.657. The van der Waals surface area contributed by atoms with Crippen molar-refractivity contribution in [2.24, 2.45) is 11.7 Å². The van der Waals surface area contributed by atoms with Crippen LogP contribution in [0.4, 0.5) is 0 Å². The fourth-order valence-electron chi connectivity index (χ4n) is 1.89. The van der Waals surface area contributed by atoms with E-state index >= 15 is 0 Å². The molecule has 1 aliphatic rings. The van der Waals surface area contributed by atoms with Crippen LogP contribution in [-0.2, 0) is 4.79 Å². The molecule has 0 aromatic heterocycles. The van der Waals surface area contributed by atoms with Gasteiger partial charge in [0.2, 0.25) is 5.91 Å². The van der Waals surface area contributed by atoms with E-state index in [9.17, 15) is 9.90 Å². The van der Waals surface area contributed by atoms with Gasteiger partial charge in [-0.15, -0.1) is 0 Å². The van der Waals surface area contributed by atoms with Crippen molar-refractivity contribution in [3.05, 3.63) is 0 Å². The van der Waals surface area contributed by atoms with Crippen molar-refractivity contribution in [3.63, 3.8) is 0 Å². The Morgan fingerprint density at radius 2 is 2.21 bits per heavy atom. The van der Waals surface area contributed by atoms with E-state index in [-0.39, 0.29) is 17.9 Å². The number of hydrogen-bond donors (Lipinski definition) is 2. The molecule has 4 heteroatoms. The zero-order valence-corrected chi connectivity index (χ0v) is 8.94. The molecule has 3 N–H and O–H groups in total. The number of nitrogens with zero attached hydrogens (tertiary/aromatic N) is 1. The van der Waals surface area contributed by atoms with Gasteiger partial charge in [0.15, 0.2) is 0 Å². The van der Waals surface area contributed by atoms with Crippen molar-refractivity contribution in [1.29, 1.82) is 0 Å². The van der Waals surface area contributed by atoms with Gasteiger partial charge in [0.25, 0.3) is 0 Å². The van der Waals surface area contributed by atoms with Gasteiger partial charge in [-0.2, -0.15) is 0 Å². The summed E-state index contributed by atoms with van der Waals surface area (Å²) in [5.41, 5.74) is 5.53. The number of aliphatic hydroxyl groups excluding tert-OH is 1. The highest BCUT2D eigenvalue weighted by molar-refractivity contribution is 5.81. The van der Waals surface area contributed by atoms with Crippen LogP contribution in [0.2, 0.25) is 0 Å². The van der Waals surface area contributed by atoms with Crippen molar-refractivity contribution >= 4 is 5.91 Å². The van der Waals surface area contributed by atoms with Gasteiger partial charge in [-0.3, -0.25) is 4.79 Å². The van der Waals surface area contributed by atoms with Crippen molar-refractivity contribution in [3.8, 4) is 0 Å². The lowest BCUT2D eigenvalue weighted by Gasteiger charge is -2.35. The molecule has 0 aliphatic carbocycles. The first kappa shape index (κ1) is 11.5. The molecule has 0 aromatic rings. The molecule has 0 aromatic carbocycles. The zero-order valence-electron chi connectivity index (χ0n) is 8.94. The van der Waals surface area contributed by atoms with Gasteiger partial charge < -0.3 is 15.7 Å². The Balaban J connectivity index is 2.51. The van der Waals surface area contributed by atoms with E-state index < -0.39 is 6.04 Å². The van der Waals surface area contributed by atoms with Crippen LogP contribution in [0.1, 0.15) is 26.7 Å². The van der Waals surface area contributed by atoms with Gasteiger partial charge in [0.05, 0.1) is 12.1 Å². The molecule has 0 saturated carbocycles. The first-order valence-electron chi connectivity index (χ1n) is 5.24. The van der Waals surface area contributed by atoms with E-state index in [0.29, 0.717) is 6.54 Å². The van der Waals surface area contributed by atoms with Crippen LogP contribution in [0.25, 0.3) is 0 Å². The van der Waals surface area contributed by atoms with Crippen molar-refractivity contribution in [1.82, 2.24) is 4.90 Å². The summed E-state index contributed by atoms with van der Waals surface area (Å²) in [6.07, 6.45) is 1.63. The van der Waals surface area contributed by atoms with Crippen molar-refractivity contribution in [2.45, 2.75) is 38.8 Å². The third-order valence-corrected chi connectivity index (χ3v) is 2.84. The molecule has 3 atom stereocenters. The van der Waals surface area contributed by atoms with Crippen molar-refractivity contribution in [2.75, 3.05) is 13.1 Å². The zero-order chi connectivity index (χ0) is 10.7. The van der Waals surface area contributed by atoms with Gasteiger partial charge >= 0.3 is 0 Å². The number of carbonyl (C=O) groups excluding carboxylic acids is 1. The van der Waals surface area contributed by atoms with Crippen molar-refractivity contribution < 1.29 is 9.90 Å². The molecule has 0 radical (unpaired) electrons. The summed E-state index contributed by atoms with van der Waals surface area (Å²) in [5.74, 6) is 0.210. The maximum absolute atomic E-state index is 11.6. The summed E-state index contributed by atoms with van der Waals surface area (Å²) < 4.78 is 0. The summed E-state index contributed by atoms with van der Waals surface area (Å²) >= 11 is 0. The molecular formula is C10H20N2O2. The lowest BCUT2D eigenvalue weighted by atomic mass is 9.93. The third-order valence-electron chi connectivity index (χ3n) is 2.84. The van der Waals surface area contributed by atoms with Crippen LogP contribution in [0.5, 0.6) is 0 Å². The third kappa shape index (κ3) is 2.69. The van der Waals surface area contributed by atoms with E-state index in [1.807, 2.05) is 0 Å². The molecule has 0 spiro atoms. The number of aliphatic hydroxyl groups is 1. The summed E-state index contributed by atoms with van der Waals surface area (Å²) in [7, 11) is 0. The lowest BCUT2D eigenvalue weighted by Crippen LogP contribution is -2.48. The lowest BCUT2D eigenvalue weighted by molar-refractivity contribution is -0.134. The van der Waals surface area contributed by atoms with Crippen LogP contribution < -0.4 is 5.73 Å². The van der Waals surface area contributed by atoms with E-state index in [1.54, 1.807) is 18.7 Å². The number of nitrogens with two attached hydrogens (primary N) is 1. The van der Waals surface area contributed by atoms with E-state index in [0.717, 1.165) is 19.4 Å². The van der Waals surface area contributed by atoms with Crippen LogP contribution in [0.3, 0.4) is 0 Å². The normalized spacial score (nSPS) is 27.1. The Morgan fingerprint density at radius 3 is 2.71 bits per heavy atom. The van der Waals surface area contributed by atoms with Gasteiger partial charge in [0.1, 0.15) is 0 Å². The van der Waals surface area contributed by atoms with E-state index in [4.69, 9.17) is 5.73 Å². The summed E-state index contributed by atoms with van der Waals surface area (Å²) in [4.78, 5) is 13.4. The largest absolute Gasteiger partial charge is 0.393 e. The molecule has 1 rings (SSSR count). The molecule has 14 heavy (non-hydrogen) atoms. The second-order valence-corrected chi connectivity index (χ2v) is 4.22. The summed E-state index contributed by atoms with van der Waals surface area (Å²) in [6.45, 7) is 4.92. The molecule has 82 valence electrons. The van der Waals surface area contributed by atoms with Crippen LogP contribution in [-0.4, -0.2) is 41.1 Å². The maximum Gasteiger partial charge on any atom is 0.239 e. The average Bonchev–Trinajstić information content (AvgIpc) is 2.16. The van der Waals surface area contributed by atoms with Gasteiger partial charge in [-0.05, 0) is 26.7 Å². The highest BCUT2D eigenvalue weighted by Crippen LogP contribution is 2.19. The van der Waals surface area contributed by atoms with Crippen LogP contribution in [0.15, 0.2) is 0 Å². The first-order chi connectivity index (χ1) is 6.52. The maximum atomic E-state index is 11.6. The van der Waals surface area contributed by atoms with Crippen LogP contribution >= 0.6 is 0 Å². The Hall–Kier alpha value is -0.610. The average molecular weight is 200 g/mol. The highest BCUT2D eigenvalue weighted by Gasteiger charge is 2.27. The fraction of sp³-hybridized carbons (Fsp3) is 0.900. The number of hydrogen-bond acceptors (Lipinski definition) is 3. The van der Waals surface area contributed by atoms with E-state index in [2.05, 4.69) is 0 Å². The minimum Gasteiger partial charge on any atom is -0.393 e. The second-order valence-electron chi connectivity index (χ2n) is 4.22. The monoisotopic (exact) mass is 200 g/mol. The highest BCUT2D eigenvalue weighted by atomic mass is 16.3. The molecular weight excluding hydrogens is 180 g/mol. The van der Waals surface area contributed by atoms with Crippen LogP contribution in [0, 0.1) is 5.92 Å². The van der Waals surface area contributed by atoms with Gasteiger partial charge in [-0.25, -0.2) is 0 Å². The minimum atomic E-state index is -0.428. The Morgan fingerprint density at radius 1 is 1.57 bits per heavy atom. The minimum absolute atomic E-state index is 0.00431. The number of amides is 1.